The van der Waals surface area contributed by atoms with E-state index in [1.807, 2.05) is 91.9 Å². The zero-order valence-electron chi connectivity index (χ0n) is 19.4. The molecular formula is C27H27N3O3S. The Balaban J connectivity index is 1.44. The monoisotopic (exact) mass is 473 g/mol. The Morgan fingerprint density at radius 1 is 1.15 bits per heavy atom. The van der Waals surface area contributed by atoms with E-state index in [0.717, 1.165) is 27.6 Å². The number of allylic oxidation sites excluding steroid dienone is 3. The van der Waals surface area contributed by atoms with Crippen LogP contribution in [0, 0.1) is 0 Å². The van der Waals surface area contributed by atoms with Crippen LogP contribution in [0.3, 0.4) is 0 Å². The van der Waals surface area contributed by atoms with Gasteiger partial charge in [0.1, 0.15) is 11.1 Å². The van der Waals surface area contributed by atoms with Gasteiger partial charge in [-0.3, -0.25) is 10.1 Å². The number of hydrogen-bond acceptors (Lipinski definition) is 6. The predicted octanol–water partition coefficient (Wildman–Crippen LogP) is 4.95. The highest BCUT2D eigenvalue weighted by atomic mass is 32.2. The Morgan fingerprint density at radius 2 is 1.97 bits per heavy atom. The summed E-state index contributed by atoms with van der Waals surface area (Å²) in [6.07, 6.45) is 8.84. The van der Waals surface area contributed by atoms with Gasteiger partial charge < -0.3 is 14.6 Å². The maximum Gasteiger partial charge on any atom is 0.345 e. The van der Waals surface area contributed by atoms with Crippen LogP contribution < -0.4 is 16.3 Å². The second kappa shape index (κ2) is 10.6. The fourth-order valence-corrected chi connectivity index (χ4v) is 4.87. The molecule has 1 amide bonds. The summed E-state index contributed by atoms with van der Waals surface area (Å²) in [6, 6.07) is 13.8. The summed E-state index contributed by atoms with van der Waals surface area (Å²) in [5.41, 5.74) is 2.24. The van der Waals surface area contributed by atoms with Gasteiger partial charge in [-0.2, -0.15) is 0 Å². The number of carbonyl (C=O) groups is 1. The number of amides is 1. The van der Waals surface area contributed by atoms with Crippen LogP contribution in [-0.2, 0) is 4.79 Å². The third kappa shape index (κ3) is 5.00. The van der Waals surface area contributed by atoms with Crippen molar-refractivity contribution in [3.63, 3.8) is 0 Å². The van der Waals surface area contributed by atoms with Gasteiger partial charge in [0.2, 0.25) is 5.91 Å². The second-order valence-electron chi connectivity index (χ2n) is 7.79. The molecule has 1 atom stereocenters. The largest absolute Gasteiger partial charge is 0.422 e. The quantitative estimate of drug-likeness (QED) is 0.219. The smallest absolute Gasteiger partial charge is 0.345 e. The van der Waals surface area contributed by atoms with Crippen molar-refractivity contribution in [3.05, 3.63) is 99.9 Å². The summed E-state index contributed by atoms with van der Waals surface area (Å²) in [4.78, 5) is 26.8. The first-order chi connectivity index (χ1) is 16.5. The molecule has 2 heterocycles. The lowest BCUT2D eigenvalue weighted by atomic mass is 10.0. The Kier molecular flexibility index (Phi) is 7.35. The molecule has 3 aromatic rings. The highest BCUT2D eigenvalue weighted by Gasteiger charge is 2.26. The molecular weight excluding hydrogens is 446 g/mol. The minimum atomic E-state index is -0.361. The van der Waals surface area contributed by atoms with Crippen molar-refractivity contribution in [2.45, 2.75) is 19.3 Å². The fraction of sp³-hybridized carbons (Fsp3) is 0.185. The molecule has 0 radical (unpaired) electrons. The van der Waals surface area contributed by atoms with Gasteiger partial charge in [0, 0.05) is 30.8 Å². The van der Waals surface area contributed by atoms with Crippen LogP contribution in [0.5, 0.6) is 0 Å². The van der Waals surface area contributed by atoms with Crippen LogP contribution in [0.1, 0.15) is 19.4 Å². The molecule has 0 bridgehead atoms. The minimum absolute atomic E-state index is 0.0700. The highest BCUT2D eigenvalue weighted by Crippen LogP contribution is 2.34. The van der Waals surface area contributed by atoms with Crippen molar-refractivity contribution in [1.82, 2.24) is 15.5 Å². The Bertz CT molecular complexity index is 1400. The summed E-state index contributed by atoms with van der Waals surface area (Å²) in [5, 5.41) is 11.2. The summed E-state index contributed by atoms with van der Waals surface area (Å²) in [5.74, 6) is -0.180. The topological polar surface area (TPSA) is 74.6 Å². The molecule has 0 aliphatic carbocycles. The first-order valence-electron chi connectivity index (χ1n) is 11.1. The van der Waals surface area contributed by atoms with Crippen molar-refractivity contribution in [2.75, 3.05) is 13.6 Å². The SMILES string of the molecule is C/C=C\C(=C/C)NC(=O)/C=C/CNC1SC=C(c2cc3c(ccc4ccccc43)oc2=O)N1C. The Labute approximate surface area is 202 Å². The normalized spacial score (nSPS) is 16.8. The molecule has 4 rings (SSSR count). The summed E-state index contributed by atoms with van der Waals surface area (Å²) in [6.45, 7) is 4.27. The molecule has 1 aliphatic rings. The van der Waals surface area contributed by atoms with E-state index in [-0.39, 0.29) is 17.0 Å². The van der Waals surface area contributed by atoms with Crippen LogP contribution in [0.15, 0.2) is 93.2 Å². The molecule has 174 valence electrons. The minimum Gasteiger partial charge on any atom is -0.422 e. The number of nitrogens with one attached hydrogen (secondary N) is 2. The van der Waals surface area contributed by atoms with E-state index < -0.39 is 0 Å². The number of nitrogens with zero attached hydrogens (tertiary/aromatic N) is 1. The average Bonchev–Trinajstić information content (AvgIpc) is 3.20. The molecule has 6 nitrogen and oxygen atoms in total. The lowest BCUT2D eigenvalue weighted by Crippen LogP contribution is -2.37. The van der Waals surface area contributed by atoms with Crippen molar-refractivity contribution in [1.29, 1.82) is 0 Å². The summed E-state index contributed by atoms with van der Waals surface area (Å²) in [7, 11) is 1.93. The molecule has 7 heteroatoms. The van der Waals surface area contributed by atoms with E-state index in [1.165, 1.54) is 6.08 Å². The van der Waals surface area contributed by atoms with Crippen LogP contribution in [0.4, 0.5) is 0 Å². The molecule has 0 fully saturated rings. The highest BCUT2D eigenvalue weighted by molar-refractivity contribution is 8.03. The maximum absolute atomic E-state index is 12.8. The molecule has 2 N–H and O–H groups in total. The van der Waals surface area contributed by atoms with E-state index in [1.54, 1.807) is 17.8 Å². The molecule has 1 aromatic heterocycles. The molecule has 34 heavy (non-hydrogen) atoms. The van der Waals surface area contributed by atoms with E-state index in [2.05, 4.69) is 10.6 Å². The number of rotatable bonds is 7. The van der Waals surface area contributed by atoms with Gasteiger partial charge in [0.25, 0.3) is 0 Å². The molecule has 1 aliphatic heterocycles. The van der Waals surface area contributed by atoms with E-state index in [4.69, 9.17) is 4.42 Å². The number of fused-ring (bicyclic) bond motifs is 3. The van der Waals surface area contributed by atoms with Crippen molar-refractivity contribution >= 4 is 45.1 Å². The zero-order valence-corrected chi connectivity index (χ0v) is 20.2. The lowest BCUT2D eigenvalue weighted by Gasteiger charge is -2.24. The van der Waals surface area contributed by atoms with Gasteiger partial charge >= 0.3 is 5.63 Å². The van der Waals surface area contributed by atoms with Crippen molar-refractivity contribution < 1.29 is 9.21 Å². The van der Waals surface area contributed by atoms with Crippen LogP contribution in [0.2, 0.25) is 0 Å². The molecule has 1 unspecified atom stereocenters. The van der Waals surface area contributed by atoms with Crippen LogP contribution in [0.25, 0.3) is 27.4 Å². The second-order valence-corrected chi connectivity index (χ2v) is 8.75. The van der Waals surface area contributed by atoms with Gasteiger partial charge in [0.15, 0.2) is 0 Å². The number of hydrogen-bond donors (Lipinski definition) is 2. The van der Waals surface area contributed by atoms with Gasteiger partial charge in [-0.1, -0.05) is 60.3 Å². The van der Waals surface area contributed by atoms with Crippen LogP contribution in [-0.4, -0.2) is 29.9 Å². The standard InChI is InChI=1S/C27H27N3O3S/c1-4-9-19(5-2)29-25(31)12-8-15-28-27-30(3)23(17-34-27)22-16-21-20-11-7-6-10-18(20)13-14-24(21)33-26(22)32/h4-14,16-17,27-28H,15H2,1-3H3,(H,29,31)/b9-4-,12-8+,19-5+. The average molecular weight is 474 g/mol. The van der Waals surface area contributed by atoms with E-state index >= 15 is 0 Å². The molecule has 0 saturated carbocycles. The third-order valence-electron chi connectivity index (χ3n) is 5.56. The van der Waals surface area contributed by atoms with Gasteiger partial charge in [-0.05, 0) is 48.2 Å². The third-order valence-corrected chi connectivity index (χ3v) is 6.66. The van der Waals surface area contributed by atoms with Gasteiger partial charge in [-0.25, -0.2) is 4.79 Å². The molecule has 0 saturated heterocycles. The Morgan fingerprint density at radius 3 is 2.76 bits per heavy atom. The fourth-order valence-electron chi connectivity index (χ4n) is 3.83. The summed E-state index contributed by atoms with van der Waals surface area (Å²) >= 11 is 1.57. The lowest BCUT2D eigenvalue weighted by molar-refractivity contribution is -0.115. The van der Waals surface area contributed by atoms with E-state index in [9.17, 15) is 9.59 Å². The Hall–Kier alpha value is -3.55. The number of thioether (sulfide) groups is 1. The van der Waals surface area contributed by atoms with Crippen molar-refractivity contribution in [2.24, 2.45) is 0 Å². The molecule has 0 spiro atoms. The number of carbonyl (C=O) groups excluding carboxylic acids is 1. The van der Waals surface area contributed by atoms with Crippen LogP contribution >= 0.6 is 11.8 Å². The first kappa shape index (κ1) is 23.6. The molecule has 2 aromatic carbocycles. The van der Waals surface area contributed by atoms with Gasteiger partial charge in [-0.15, -0.1) is 0 Å². The first-order valence-corrected chi connectivity index (χ1v) is 12.0. The van der Waals surface area contributed by atoms with E-state index in [0.29, 0.717) is 17.7 Å². The predicted molar refractivity (Wildman–Crippen MR) is 141 cm³/mol. The van der Waals surface area contributed by atoms with Crippen molar-refractivity contribution in [3.8, 4) is 0 Å². The van der Waals surface area contributed by atoms with Gasteiger partial charge in [0.05, 0.1) is 11.3 Å². The zero-order chi connectivity index (χ0) is 24.1. The summed E-state index contributed by atoms with van der Waals surface area (Å²) < 4.78 is 5.66. The maximum atomic E-state index is 12.8. The number of benzene rings is 2.